The van der Waals surface area contributed by atoms with Crippen LogP contribution in [0.15, 0.2) is 24.8 Å². The van der Waals surface area contributed by atoms with E-state index < -0.39 is 0 Å². The molecule has 0 aromatic carbocycles. The van der Waals surface area contributed by atoms with Gasteiger partial charge in [0, 0.05) is 38.2 Å². The van der Waals surface area contributed by atoms with Crippen molar-refractivity contribution >= 4 is 0 Å². The van der Waals surface area contributed by atoms with Crippen LogP contribution in [0, 0.1) is 5.92 Å². The van der Waals surface area contributed by atoms with Crippen molar-refractivity contribution in [2.75, 3.05) is 13.1 Å². The first kappa shape index (κ1) is 15.2. The molecule has 1 saturated heterocycles. The fraction of sp³-hybridized carbons (Fsp3) is 0.588. The highest BCUT2D eigenvalue weighted by Gasteiger charge is 2.22. The Labute approximate surface area is 132 Å². The Hall–Kier alpha value is -1.75. The number of rotatable bonds is 4. The van der Waals surface area contributed by atoms with Gasteiger partial charge in [-0.1, -0.05) is 0 Å². The number of imidazole rings is 1. The molecule has 2 aromatic heterocycles. The maximum Gasteiger partial charge on any atom is 0.159 e. The van der Waals surface area contributed by atoms with Gasteiger partial charge >= 0.3 is 0 Å². The van der Waals surface area contributed by atoms with Crippen LogP contribution in [0.2, 0.25) is 0 Å². The number of piperidine rings is 1. The van der Waals surface area contributed by atoms with Gasteiger partial charge in [-0.3, -0.25) is 4.98 Å². The molecule has 0 N–H and O–H groups in total. The zero-order chi connectivity index (χ0) is 15.5. The Balaban J connectivity index is 1.65. The van der Waals surface area contributed by atoms with Gasteiger partial charge in [-0.2, -0.15) is 0 Å². The first-order valence-electron chi connectivity index (χ1n) is 8.16. The third-order valence-electron chi connectivity index (χ3n) is 4.53. The SMILES string of the molecule is CC(C)N1CCCC(Cc2cnc(-c3nccn3C)cn2)C1. The molecule has 1 unspecified atom stereocenters. The van der Waals surface area contributed by atoms with Crippen molar-refractivity contribution in [3.05, 3.63) is 30.5 Å². The molecular weight excluding hydrogens is 274 g/mol. The van der Waals surface area contributed by atoms with Crippen LogP contribution in [-0.2, 0) is 13.5 Å². The molecular formula is C17H25N5. The van der Waals surface area contributed by atoms with Gasteiger partial charge in [0.15, 0.2) is 5.82 Å². The lowest BCUT2D eigenvalue weighted by atomic mass is 9.93. The Morgan fingerprint density at radius 1 is 1.23 bits per heavy atom. The van der Waals surface area contributed by atoms with Crippen LogP contribution in [0.25, 0.3) is 11.5 Å². The maximum absolute atomic E-state index is 4.61. The van der Waals surface area contributed by atoms with Gasteiger partial charge in [-0.05, 0) is 45.6 Å². The van der Waals surface area contributed by atoms with Crippen LogP contribution in [0.1, 0.15) is 32.4 Å². The summed E-state index contributed by atoms with van der Waals surface area (Å²) in [5, 5.41) is 0. The standard InChI is InChI=1S/C17H25N5/c1-13(2)22-7-4-5-14(12-22)9-15-10-20-16(11-19-15)17-18-6-8-21(17)3/h6,8,10-11,13-14H,4-5,7,9,12H2,1-3H3. The minimum absolute atomic E-state index is 0.639. The molecule has 5 nitrogen and oxygen atoms in total. The first-order valence-corrected chi connectivity index (χ1v) is 8.16. The molecule has 1 fully saturated rings. The molecule has 118 valence electrons. The van der Waals surface area contributed by atoms with Crippen LogP contribution in [-0.4, -0.2) is 43.6 Å². The molecule has 5 heteroatoms. The molecule has 1 aliphatic heterocycles. The van der Waals surface area contributed by atoms with Crippen LogP contribution in [0.3, 0.4) is 0 Å². The second kappa shape index (κ2) is 6.57. The minimum atomic E-state index is 0.639. The van der Waals surface area contributed by atoms with Crippen LogP contribution in [0.4, 0.5) is 0 Å². The normalized spacial score (nSPS) is 19.7. The molecule has 1 aliphatic rings. The van der Waals surface area contributed by atoms with Crippen LogP contribution >= 0.6 is 0 Å². The molecule has 1 atom stereocenters. The second-order valence-corrected chi connectivity index (χ2v) is 6.56. The van der Waals surface area contributed by atoms with Gasteiger partial charge in [0.05, 0.1) is 11.9 Å². The summed E-state index contributed by atoms with van der Waals surface area (Å²) in [6.07, 6.45) is 11.1. The highest BCUT2D eigenvalue weighted by molar-refractivity contribution is 5.47. The molecule has 0 amide bonds. The molecule has 3 heterocycles. The lowest BCUT2D eigenvalue weighted by Gasteiger charge is -2.35. The minimum Gasteiger partial charge on any atom is -0.333 e. The van der Waals surface area contributed by atoms with E-state index in [0.717, 1.165) is 23.6 Å². The van der Waals surface area contributed by atoms with Gasteiger partial charge in [-0.25, -0.2) is 9.97 Å². The third-order valence-corrected chi connectivity index (χ3v) is 4.53. The molecule has 2 aromatic rings. The average molecular weight is 299 g/mol. The summed E-state index contributed by atoms with van der Waals surface area (Å²) in [5.74, 6) is 1.56. The Morgan fingerprint density at radius 2 is 2.09 bits per heavy atom. The predicted molar refractivity (Wildman–Crippen MR) is 87.4 cm³/mol. The van der Waals surface area contributed by atoms with Crippen molar-refractivity contribution in [1.82, 2.24) is 24.4 Å². The van der Waals surface area contributed by atoms with E-state index in [9.17, 15) is 0 Å². The van der Waals surface area contributed by atoms with E-state index in [1.807, 2.05) is 30.2 Å². The van der Waals surface area contributed by atoms with Gasteiger partial charge in [0.2, 0.25) is 0 Å². The topological polar surface area (TPSA) is 46.8 Å². The number of likely N-dealkylation sites (tertiary alicyclic amines) is 1. The fourth-order valence-electron chi connectivity index (χ4n) is 3.22. The van der Waals surface area contributed by atoms with E-state index in [0.29, 0.717) is 12.0 Å². The van der Waals surface area contributed by atoms with Crippen LogP contribution in [0.5, 0.6) is 0 Å². The number of aromatic nitrogens is 4. The zero-order valence-electron chi connectivity index (χ0n) is 13.7. The summed E-state index contributed by atoms with van der Waals surface area (Å²) >= 11 is 0. The zero-order valence-corrected chi connectivity index (χ0v) is 13.7. The summed E-state index contributed by atoms with van der Waals surface area (Å²) in [6, 6.07) is 0.639. The average Bonchev–Trinajstić information content (AvgIpc) is 2.94. The lowest BCUT2D eigenvalue weighted by molar-refractivity contribution is 0.139. The van der Waals surface area contributed by atoms with Crippen LogP contribution < -0.4 is 0 Å². The summed E-state index contributed by atoms with van der Waals surface area (Å²) < 4.78 is 1.96. The quantitative estimate of drug-likeness (QED) is 0.870. The summed E-state index contributed by atoms with van der Waals surface area (Å²) in [6.45, 7) is 6.98. The highest BCUT2D eigenvalue weighted by atomic mass is 15.2. The largest absolute Gasteiger partial charge is 0.333 e. The monoisotopic (exact) mass is 299 g/mol. The highest BCUT2D eigenvalue weighted by Crippen LogP contribution is 2.22. The molecule has 0 saturated carbocycles. The van der Waals surface area contributed by atoms with Crippen molar-refractivity contribution in [2.45, 2.75) is 39.2 Å². The molecule has 0 aliphatic carbocycles. The Bertz CT molecular complexity index is 602. The maximum atomic E-state index is 4.61. The van der Waals surface area contributed by atoms with Crippen molar-refractivity contribution < 1.29 is 0 Å². The number of hydrogen-bond acceptors (Lipinski definition) is 4. The van der Waals surface area contributed by atoms with Crippen molar-refractivity contribution in [2.24, 2.45) is 13.0 Å². The van der Waals surface area contributed by atoms with E-state index in [2.05, 4.69) is 33.7 Å². The molecule has 0 spiro atoms. The second-order valence-electron chi connectivity index (χ2n) is 6.56. The number of hydrogen-bond donors (Lipinski definition) is 0. The van der Waals surface area contributed by atoms with E-state index >= 15 is 0 Å². The lowest BCUT2D eigenvalue weighted by Crippen LogP contribution is -2.40. The van der Waals surface area contributed by atoms with Crippen molar-refractivity contribution in [3.63, 3.8) is 0 Å². The summed E-state index contributed by atoms with van der Waals surface area (Å²) in [5.41, 5.74) is 1.93. The Kier molecular flexibility index (Phi) is 4.52. The summed E-state index contributed by atoms with van der Waals surface area (Å²) in [4.78, 5) is 16.0. The van der Waals surface area contributed by atoms with Crippen molar-refractivity contribution in [3.8, 4) is 11.5 Å². The van der Waals surface area contributed by atoms with Gasteiger partial charge in [0.25, 0.3) is 0 Å². The first-order chi connectivity index (χ1) is 10.6. The van der Waals surface area contributed by atoms with Gasteiger partial charge in [0.1, 0.15) is 5.69 Å². The van der Waals surface area contributed by atoms with E-state index in [1.165, 1.54) is 25.9 Å². The van der Waals surface area contributed by atoms with Gasteiger partial charge in [-0.15, -0.1) is 0 Å². The Morgan fingerprint density at radius 3 is 2.73 bits per heavy atom. The van der Waals surface area contributed by atoms with E-state index in [4.69, 9.17) is 0 Å². The molecule has 22 heavy (non-hydrogen) atoms. The van der Waals surface area contributed by atoms with E-state index in [-0.39, 0.29) is 0 Å². The fourth-order valence-corrected chi connectivity index (χ4v) is 3.22. The third kappa shape index (κ3) is 3.35. The molecule has 0 radical (unpaired) electrons. The van der Waals surface area contributed by atoms with E-state index in [1.54, 1.807) is 6.20 Å². The van der Waals surface area contributed by atoms with Crippen molar-refractivity contribution in [1.29, 1.82) is 0 Å². The molecule has 0 bridgehead atoms. The smallest absolute Gasteiger partial charge is 0.159 e. The number of aryl methyl sites for hydroxylation is 1. The number of nitrogens with zero attached hydrogens (tertiary/aromatic N) is 5. The predicted octanol–water partition coefficient (Wildman–Crippen LogP) is 2.54. The molecule has 3 rings (SSSR count). The van der Waals surface area contributed by atoms with Gasteiger partial charge < -0.3 is 9.47 Å². The summed E-state index contributed by atoms with van der Waals surface area (Å²) in [7, 11) is 1.97.